The fraction of sp³-hybridized carbons (Fsp3) is 0.833. The van der Waals surface area contributed by atoms with Crippen molar-refractivity contribution in [1.29, 1.82) is 0 Å². The van der Waals surface area contributed by atoms with Crippen molar-refractivity contribution in [2.45, 2.75) is 25.9 Å². The number of rotatable bonds is 5. The van der Waals surface area contributed by atoms with E-state index < -0.39 is 0 Å². The van der Waals surface area contributed by atoms with Crippen LogP contribution in [0.2, 0.25) is 0 Å². The predicted molar refractivity (Wildman–Crippen MR) is 72.1 cm³/mol. The minimum atomic E-state index is -0.369. The number of hydrogen-bond acceptors (Lipinski definition) is 6. The highest BCUT2D eigenvalue weighted by Crippen LogP contribution is 2.13. The smallest absolute Gasteiger partial charge is 0.253 e. The molecule has 0 aromatic carbocycles. The molecule has 2 atom stereocenters. The number of nitrogens with one attached hydrogen (secondary N) is 1. The number of H-pyrrole nitrogens is 1. The summed E-state index contributed by atoms with van der Waals surface area (Å²) in [4.78, 5) is 16.4. The maximum absolute atomic E-state index is 12.5. The summed E-state index contributed by atoms with van der Waals surface area (Å²) >= 11 is 0. The molecule has 1 amide bonds. The number of amides is 1. The normalized spacial score (nSPS) is 21.6. The lowest BCUT2D eigenvalue weighted by molar-refractivity contribution is -0.148. The Labute approximate surface area is 118 Å². The van der Waals surface area contributed by atoms with Gasteiger partial charge in [-0.05, 0) is 14.0 Å². The second-order valence-electron chi connectivity index (χ2n) is 5.17. The summed E-state index contributed by atoms with van der Waals surface area (Å²) in [5.74, 6) is 0.700. The molecule has 1 aliphatic rings. The van der Waals surface area contributed by atoms with E-state index in [0.717, 1.165) is 6.54 Å². The molecular weight excluding hydrogens is 260 g/mol. The van der Waals surface area contributed by atoms with Crippen molar-refractivity contribution in [2.75, 3.05) is 39.8 Å². The van der Waals surface area contributed by atoms with Crippen LogP contribution in [-0.2, 0) is 9.53 Å². The van der Waals surface area contributed by atoms with Gasteiger partial charge in [-0.15, -0.1) is 10.2 Å². The van der Waals surface area contributed by atoms with Gasteiger partial charge >= 0.3 is 0 Å². The zero-order valence-corrected chi connectivity index (χ0v) is 12.2. The van der Waals surface area contributed by atoms with Gasteiger partial charge in [0.25, 0.3) is 5.91 Å². The van der Waals surface area contributed by atoms with Crippen LogP contribution in [0.15, 0.2) is 0 Å². The first-order valence-corrected chi connectivity index (χ1v) is 6.94. The third-order valence-corrected chi connectivity index (χ3v) is 3.54. The van der Waals surface area contributed by atoms with Crippen molar-refractivity contribution in [3.8, 4) is 0 Å². The van der Waals surface area contributed by atoms with Gasteiger partial charge in [0, 0.05) is 32.1 Å². The summed E-state index contributed by atoms with van der Waals surface area (Å²) in [5, 5.41) is 13.9. The highest BCUT2D eigenvalue weighted by molar-refractivity contribution is 5.81. The number of morpholine rings is 1. The molecule has 2 rings (SSSR count). The number of tetrazole rings is 1. The van der Waals surface area contributed by atoms with Gasteiger partial charge in [-0.3, -0.25) is 4.79 Å². The first kappa shape index (κ1) is 14.9. The number of nitrogens with zero attached hydrogens (tertiary/aromatic N) is 5. The van der Waals surface area contributed by atoms with Gasteiger partial charge in [0.05, 0.1) is 6.61 Å². The van der Waals surface area contributed by atoms with Gasteiger partial charge in [0.15, 0.2) is 5.82 Å². The summed E-state index contributed by atoms with van der Waals surface area (Å²) in [7, 11) is 2.00. The van der Waals surface area contributed by atoms with E-state index in [4.69, 9.17) is 4.74 Å². The number of ether oxygens (including phenoxy) is 1. The van der Waals surface area contributed by atoms with E-state index in [9.17, 15) is 4.79 Å². The van der Waals surface area contributed by atoms with Crippen molar-refractivity contribution < 1.29 is 9.53 Å². The molecule has 8 heteroatoms. The Hall–Kier alpha value is -1.54. The molecule has 0 bridgehead atoms. The van der Waals surface area contributed by atoms with Crippen LogP contribution in [0.5, 0.6) is 0 Å². The third-order valence-electron chi connectivity index (χ3n) is 3.54. The van der Waals surface area contributed by atoms with Gasteiger partial charge in [-0.1, -0.05) is 12.1 Å². The standard InChI is InChI=1S/C12H22N6O2/c1-4-18(7-9(2)11-13-15-16-14-11)12(19)10-8-17(3)5-6-20-10/h9-10H,4-8H2,1-3H3,(H,13,14,15,16). The Bertz CT molecular complexity index is 424. The zero-order chi connectivity index (χ0) is 14.5. The summed E-state index contributed by atoms with van der Waals surface area (Å²) in [6.07, 6.45) is -0.369. The Kier molecular flexibility index (Phi) is 5.02. The number of aromatic nitrogens is 4. The summed E-state index contributed by atoms with van der Waals surface area (Å²) in [6, 6.07) is 0. The van der Waals surface area contributed by atoms with E-state index in [2.05, 4.69) is 25.5 Å². The molecule has 1 N–H and O–H groups in total. The van der Waals surface area contributed by atoms with Crippen molar-refractivity contribution in [3.05, 3.63) is 5.82 Å². The second-order valence-corrected chi connectivity index (χ2v) is 5.17. The molecule has 1 aromatic rings. The van der Waals surface area contributed by atoms with Gasteiger partial charge in [0.2, 0.25) is 0 Å². The lowest BCUT2D eigenvalue weighted by atomic mass is 10.1. The number of aromatic amines is 1. The van der Waals surface area contributed by atoms with Crippen LogP contribution >= 0.6 is 0 Å². The van der Waals surface area contributed by atoms with E-state index in [-0.39, 0.29) is 17.9 Å². The number of likely N-dealkylation sites (N-methyl/N-ethyl adjacent to an activating group) is 2. The van der Waals surface area contributed by atoms with Gasteiger partial charge in [-0.25, -0.2) is 0 Å². The zero-order valence-electron chi connectivity index (χ0n) is 12.2. The monoisotopic (exact) mass is 282 g/mol. The Balaban J connectivity index is 1.95. The van der Waals surface area contributed by atoms with Crippen molar-refractivity contribution in [2.24, 2.45) is 0 Å². The molecule has 0 aliphatic carbocycles. The van der Waals surface area contributed by atoms with Crippen molar-refractivity contribution in [3.63, 3.8) is 0 Å². The Morgan fingerprint density at radius 2 is 2.45 bits per heavy atom. The van der Waals surface area contributed by atoms with Crippen LogP contribution in [0.3, 0.4) is 0 Å². The fourth-order valence-corrected chi connectivity index (χ4v) is 2.30. The van der Waals surface area contributed by atoms with E-state index in [1.165, 1.54) is 0 Å². The molecule has 112 valence electrons. The summed E-state index contributed by atoms with van der Waals surface area (Å²) in [5.41, 5.74) is 0. The highest BCUT2D eigenvalue weighted by Gasteiger charge is 2.29. The third kappa shape index (κ3) is 3.51. The maximum Gasteiger partial charge on any atom is 0.253 e. The average molecular weight is 282 g/mol. The van der Waals surface area contributed by atoms with Crippen molar-refractivity contribution in [1.82, 2.24) is 30.4 Å². The lowest BCUT2D eigenvalue weighted by Crippen LogP contribution is -2.50. The maximum atomic E-state index is 12.5. The molecular formula is C12H22N6O2. The van der Waals surface area contributed by atoms with Crippen molar-refractivity contribution >= 4 is 5.91 Å². The molecule has 1 aliphatic heterocycles. The Morgan fingerprint density at radius 3 is 3.05 bits per heavy atom. The molecule has 2 heterocycles. The molecule has 0 spiro atoms. The molecule has 0 saturated carbocycles. The summed E-state index contributed by atoms with van der Waals surface area (Å²) in [6.45, 7) is 7.27. The van der Waals surface area contributed by atoms with Gasteiger partial charge in [0.1, 0.15) is 6.10 Å². The van der Waals surface area contributed by atoms with Crippen LogP contribution < -0.4 is 0 Å². The minimum Gasteiger partial charge on any atom is -0.366 e. The first-order chi connectivity index (χ1) is 9.61. The number of carbonyl (C=O) groups excluding carboxylic acids is 1. The molecule has 1 saturated heterocycles. The van der Waals surface area contributed by atoms with Gasteiger partial charge < -0.3 is 14.5 Å². The van der Waals surface area contributed by atoms with E-state index in [1.807, 2.05) is 20.9 Å². The summed E-state index contributed by atoms with van der Waals surface area (Å²) < 4.78 is 5.58. The first-order valence-electron chi connectivity index (χ1n) is 6.94. The minimum absolute atomic E-state index is 0.0365. The quantitative estimate of drug-likeness (QED) is 0.782. The van der Waals surface area contributed by atoms with E-state index in [0.29, 0.717) is 32.1 Å². The number of carbonyl (C=O) groups is 1. The highest BCUT2D eigenvalue weighted by atomic mass is 16.5. The van der Waals surface area contributed by atoms with Gasteiger partial charge in [-0.2, -0.15) is 5.21 Å². The average Bonchev–Trinajstić information content (AvgIpc) is 2.98. The largest absolute Gasteiger partial charge is 0.366 e. The molecule has 1 fully saturated rings. The molecule has 0 radical (unpaired) electrons. The van der Waals surface area contributed by atoms with E-state index >= 15 is 0 Å². The molecule has 8 nitrogen and oxygen atoms in total. The fourth-order valence-electron chi connectivity index (χ4n) is 2.30. The van der Waals surface area contributed by atoms with Crippen LogP contribution in [0.4, 0.5) is 0 Å². The van der Waals surface area contributed by atoms with Crippen LogP contribution in [0, 0.1) is 0 Å². The van der Waals surface area contributed by atoms with E-state index in [1.54, 1.807) is 4.90 Å². The molecule has 1 aromatic heterocycles. The second kappa shape index (κ2) is 6.76. The van der Waals surface area contributed by atoms with Crippen LogP contribution in [0.25, 0.3) is 0 Å². The SMILES string of the molecule is CCN(CC(C)c1nn[nH]n1)C(=O)C1CN(C)CCO1. The predicted octanol–water partition coefficient (Wildman–Crippen LogP) is -0.518. The number of hydrogen-bond donors (Lipinski definition) is 1. The topological polar surface area (TPSA) is 87.2 Å². The lowest BCUT2D eigenvalue weighted by Gasteiger charge is -2.33. The molecule has 20 heavy (non-hydrogen) atoms. The van der Waals surface area contributed by atoms with Crippen LogP contribution in [0.1, 0.15) is 25.6 Å². The molecule has 2 unspecified atom stereocenters. The van der Waals surface area contributed by atoms with Crippen LogP contribution in [-0.4, -0.2) is 82.3 Å². The Morgan fingerprint density at radius 1 is 1.65 bits per heavy atom.